The number of hydrogen-bond acceptors (Lipinski definition) is 1. The van der Waals surface area contributed by atoms with Gasteiger partial charge in [-0.25, -0.2) is 0 Å². The number of phenolic OH excluding ortho intramolecular Hbond substituents is 1. The fraction of sp³-hybridized carbons (Fsp3) is 0.455. The zero-order valence-corrected chi connectivity index (χ0v) is 8.60. The Labute approximate surface area is 86.5 Å². The summed E-state index contributed by atoms with van der Waals surface area (Å²) in [5.41, 5.74) is -0.500. The molecule has 0 bridgehead atoms. The monoisotopic (exact) mass is 218 g/mol. The highest BCUT2D eigenvalue weighted by Crippen LogP contribution is 2.37. The van der Waals surface area contributed by atoms with Crippen molar-refractivity contribution >= 4 is 0 Å². The van der Waals surface area contributed by atoms with Crippen molar-refractivity contribution in [3.8, 4) is 5.75 Å². The predicted molar refractivity (Wildman–Crippen MR) is 51.8 cm³/mol. The number of aromatic hydroxyl groups is 1. The Balaban J connectivity index is 3.27. The van der Waals surface area contributed by atoms with Crippen molar-refractivity contribution in [1.82, 2.24) is 0 Å². The highest BCUT2D eigenvalue weighted by atomic mass is 19.4. The lowest BCUT2D eigenvalue weighted by Gasteiger charge is -2.17. The Bertz CT molecular complexity index is 344. The van der Waals surface area contributed by atoms with Gasteiger partial charge < -0.3 is 5.11 Å². The Morgan fingerprint density at radius 1 is 1.33 bits per heavy atom. The van der Waals surface area contributed by atoms with Crippen LogP contribution in [-0.2, 0) is 6.18 Å². The zero-order chi connectivity index (χ0) is 11.6. The van der Waals surface area contributed by atoms with E-state index in [4.69, 9.17) is 0 Å². The lowest BCUT2D eigenvalue weighted by molar-refractivity contribution is -0.138. The van der Waals surface area contributed by atoms with Crippen molar-refractivity contribution in [3.05, 3.63) is 29.3 Å². The molecule has 0 heterocycles. The molecular formula is C11H13F3O. The third-order valence-corrected chi connectivity index (χ3v) is 2.48. The van der Waals surface area contributed by atoms with Gasteiger partial charge in [-0.15, -0.1) is 0 Å². The number of alkyl halides is 3. The summed E-state index contributed by atoms with van der Waals surface area (Å²) >= 11 is 0. The molecule has 84 valence electrons. The summed E-state index contributed by atoms with van der Waals surface area (Å²) in [4.78, 5) is 0. The molecule has 1 unspecified atom stereocenters. The van der Waals surface area contributed by atoms with Crippen LogP contribution in [0.4, 0.5) is 13.2 Å². The summed E-state index contributed by atoms with van der Waals surface area (Å²) in [6.45, 7) is 3.53. The van der Waals surface area contributed by atoms with Gasteiger partial charge in [0, 0.05) is 0 Å². The van der Waals surface area contributed by atoms with E-state index >= 15 is 0 Å². The van der Waals surface area contributed by atoms with Crippen LogP contribution in [0.15, 0.2) is 18.2 Å². The first kappa shape index (κ1) is 11.9. The maximum atomic E-state index is 12.6. The molecule has 4 heteroatoms. The van der Waals surface area contributed by atoms with Gasteiger partial charge in [-0.1, -0.05) is 13.8 Å². The van der Waals surface area contributed by atoms with Gasteiger partial charge in [0.2, 0.25) is 0 Å². The minimum atomic E-state index is -4.35. The molecule has 1 aromatic carbocycles. The van der Waals surface area contributed by atoms with Gasteiger partial charge in [0.25, 0.3) is 0 Å². The van der Waals surface area contributed by atoms with E-state index in [1.165, 1.54) is 6.07 Å². The molecule has 1 atom stereocenters. The molecule has 0 aromatic heterocycles. The van der Waals surface area contributed by atoms with Crippen molar-refractivity contribution < 1.29 is 18.3 Å². The van der Waals surface area contributed by atoms with E-state index in [1.54, 1.807) is 6.92 Å². The highest BCUT2D eigenvalue weighted by Gasteiger charge is 2.34. The molecular weight excluding hydrogens is 205 g/mol. The van der Waals surface area contributed by atoms with Crippen LogP contribution in [0.5, 0.6) is 5.75 Å². The topological polar surface area (TPSA) is 20.2 Å². The van der Waals surface area contributed by atoms with Crippen LogP contribution in [0, 0.1) is 0 Å². The maximum Gasteiger partial charge on any atom is 0.416 e. The summed E-state index contributed by atoms with van der Waals surface area (Å²) in [6, 6.07) is 3.18. The van der Waals surface area contributed by atoms with Crippen LogP contribution in [0.2, 0.25) is 0 Å². The lowest BCUT2D eigenvalue weighted by atomic mass is 9.93. The summed E-state index contributed by atoms with van der Waals surface area (Å²) in [6.07, 6.45) is -3.75. The highest BCUT2D eigenvalue weighted by molar-refractivity contribution is 5.38. The van der Waals surface area contributed by atoms with Crippen LogP contribution in [0.1, 0.15) is 37.3 Å². The molecule has 0 fully saturated rings. The van der Waals surface area contributed by atoms with Crippen LogP contribution < -0.4 is 0 Å². The number of phenols is 1. The number of benzene rings is 1. The zero-order valence-electron chi connectivity index (χ0n) is 8.60. The van der Waals surface area contributed by atoms with E-state index in [2.05, 4.69) is 0 Å². The Morgan fingerprint density at radius 2 is 1.93 bits per heavy atom. The Kier molecular flexibility index (Phi) is 3.27. The Hall–Kier alpha value is -1.19. The van der Waals surface area contributed by atoms with Crippen LogP contribution in [-0.4, -0.2) is 5.11 Å². The molecule has 0 aliphatic carbocycles. The first-order valence-electron chi connectivity index (χ1n) is 4.76. The smallest absolute Gasteiger partial charge is 0.416 e. The first-order chi connectivity index (χ1) is 6.86. The number of halogens is 3. The van der Waals surface area contributed by atoms with Crippen molar-refractivity contribution in [2.24, 2.45) is 0 Å². The third-order valence-electron chi connectivity index (χ3n) is 2.48. The summed E-state index contributed by atoms with van der Waals surface area (Å²) < 4.78 is 37.8. The quantitative estimate of drug-likeness (QED) is 0.797. The van der Waals surface area contributed by atoms with E-state index in [0.29, 0.717) is 6.42 Å². The maximum absolute atomic E-state index is 12.6. The summed E-state index contributed by atoms with van der Waals surface area (Å²) in [5, 5.41) is 9.18. The molecule has 0 aliphatic rings. The molecule has 1 N–H and O–H groups in total. The molecule has 15 heavy (non-hydrogen) atoms. The third kappa shape index (κ3) is 2.64. The fourth-order valence-electron chi connectivity index (χ4n) is 1.44. The minimum absolute atomic E-state index is 0.127. The van der Waals surface area contributed by atoms with Gasteiger partial charge >= 0.3 is 6.18 Å². The molecule has 0 aliphatic heterocycles. The van der Waals surface area contributed by atoms with Gasteiger partial charge in [-0.05, 0) is 36.1 Å². The number of rotatable bonds is 2. The molecule has 1 aromatic rings. The van der Waals surface area contributed by atoms with E-state index < -0.39 is 11.7 Å². The van der Waals surface area contributed by atoms with Crippen LogP contribution >= 0.6 is 0 Å². The van der Waals surface area contributed by atoms with Gasteiger partial charge in [-0.2, -0.15) is 13.2 Å². The van der Waals surface area contributed by atoms with Crippen molar-refractivity contribution in [1.29, 1.82) is 0 Å². The summed E-state index contributed by atoms with van der Waals surface area (Å²) in [7, 11) is 0. The van der Waals surface area contributed by atoms with Gasteiger partial charge in [0.05, 0.1) is 5.56 Å². The first-order valence-corrected chi connectivity index (χ1v) is 4.76. The lowest BCUT2D eigenvalue weighted by Crippen LogP contribution is -2.10. The van der Waals surface area contributed by atoms with Crippen molar-refractivity contribution in [3.63, 3.8) is 0 Å². The van der Waals surface area contributed by atoms with Crippen LogP contribution in [0.3, 0.4) is 0 Å². The fourth-order valence-corrected chi connectivity index (χ4v) is 1.44. The van der Waals surface area contributed by atoms with E-state index in [9.17, 15) is 18.3 Å². The molecule has 0 saturated heterocycles. The second kappa shape index (κ2) is 4.13. The Morgan fingerprint density at radius 3 is 2.40 bits per heavy atom. The van der Waals surface area contributed by atoms with E-state index in [1.807, 2.05) is 6.92 Å². The van der Waals surface area contributed by atoms with Crippen molar-refractivity contribution in [2.45, 2.75) is 32.4 Å². The average Bonchev–Trinajstić information content (AvgIpc) is 2.14. The van der Waals surface area contributed by atoms with Gasteiger partial charge in [0.1, 0.15) is 5.75 Å². The molecule has 0 spiro atoms. The molecule has 1 nitrogen and oxygen atoms in total. The van der Waals surface area contributed by atoms with Gasteiger partial charge in [-0.3, -0.25) is 0 Å². The number of hydrogen-bond donors (Lipinski definition) is 1. The average molecular weight is 218 g/mol. The van der Waals surface area contributed by atoms with E-state index in [0.717, 1.165) is 12.1 Å². The van der Waals surface area contributed by atoms with Crippen LogP contribution in [0.25, 0.3) is 0 Å². The van der Waals surface area contributed by atoms with E-state index in [-0.39, 0.29) is 17.2 Å². The molecule has 1 rings (SSSR count). The second-order valence-electron chi connectivity index (χ2n) is 3.58. The molecule has 0 radical (unpaired) electrons. The summed E-state index contributed by atoms with van der Waals surface area (Å²) in [5.74, 6) is -0.341. The molecule has 0 saturated carbocycles. The largest absolute Gasteiger partial charge is 0.508 e. The minimum Gasteiger partial charge on any atom is -0.508 e. The standard InChI is InChI=1S/C11H13F3O/c1-3-7(2)9-6-8(15)4-5-10(9)11(12,13)14/h4-7,15H,3H2,1-2H3. The van der Waals surface area contributed by atoms with Gasteiger partial charge in [0.15, 0.2) is 0 Å². The normalized spacial score (nSPS) is 13.9. The SMILES string of the molecule is CCC(C)c1cc(O)ccc1C(F)(F)F. The molecule has 0 amide bonds. The second-order valence-corrected chi connectivity index (χ2v) is 3.58. The van der Waals surface area contributed by atoms with Crippen molar-refractivity contribution in [2.75, 3.05) is 0 Å². The predicted octanol–water partition coefficient (Wildman–Crippen LogP) is 3.92.